The first-order chi connectivity index (χ1) is 18.5. The van der Waals surface area contributed by atoms with Gasteiger partial charge in [0.2, 0.25) is 5.82 Å². The largest absolute Gasteiger partial charge is 0.333 e. The first kappa shape index (κ1) is 25.3. The summed E-state index contributed by atoms with van der Waals surface area (Å²) in [5.41, 5.74) is 4.76. The third kappa shape index (κ3) is 4.92. The average molecular weight is 528 g/mol. The number of aromatic nitrogens is 7. The molecule has 192 valence electrons. The number of nitrogens with zero attached hydrogens (tertiary/aromatic N) is 6. The van der Waals surface area contributed by atoms with E-state index in [-0.39, 0.29) is 11.5 Å². The van der Waals surface area contributed by atoms with Gasteiger partial charge < -0.3 is 0 Å². The van der Waals surface area contributed by atoms with Crippen LogP contribution in [0.5, 0.6) is 0 Å². The molecule has 10 heteroatoms. The van der Waals surface area contributed by atoms with Crippen molar-refractivity contribution in [2.75, 3.05) is 0 Å². The summed E-state index contributed by atoms with van der Waals surface area (Å²) in [6, 6.07) is 16.7. The maximum Gasteiger partial charge on any atom is 0.333 e. The van der Waals surface area contributed by atoms with Gasteiger partial charge in [0.1, 0.15) is 0 Å². The lowest BCUT2D eigenvalue weighted by molar-refractivity contribution is 0.101. The molecular formula is C28H26ClN7O2. The summed E-state index contributed by atoms with van der Waals surface area (Å²) < 4.78 is 3.22. The van der Waals surface area contributed by atoms with E-state index in [1.165, 1.54) is 11.5 Å². The van der Waals surface area contributed by atoms with Crippen molar-refractivity contribution in [2.45, 2.75) is 39.7 Å². The van der Waals surface area contributed by atoms with Crippen LogP contribution < -0.4 is 5.69 Å². The van der Waals surface area contributed by atoms with Crippen molar-refractivity contribution in [3.05, 3.63) is 99.3 Å². The Labute approximate surface area is 224 Å². The number of tetrazole rings is 1. The summed E-state index contributed by atoms with van der Waals surface area (Å²) in [5, 5.41) is 14.7. The van der Waals surface area contributed by atoms with Gasteiger partial charge in [-0.05, 0) is 48.7 Å². The van der Waals surface area contributed by atoms with Gasteiger partial charge in [0.25, 0.3) is 0 Å². The quantitative estimate of drug-likeness (QED) is 0.266. The highest BCUT2D eigenvalue weighted by atomic mass is 35.5. The summed E-state index contributed by atoms with van der Waals surface area (Å²) in [6.07, 6.45) is 6.21. The molecule has 0 fully saturated rings. The fourth-order valence-electron chi connectivity index (χ4n) is 4.50. The first-order valence-electron chi connectivity index (χ1n) is 12.4. The molecule has 0 bridgehead atoms. The zero-order valence-corrected chi connectivity index (χ0v) is 21.8. The Hall–Kier alpha value is -4.37. The minimum atomic E-state index is -0.252. The number of halogens is 1. The predicted octanol–water partition coefficient (Wildman–Crippen LogP) is 5.13. The second-order valence-electron chi connectivity index (χ2n) is 8.99. The second kappa shape index (κ2) is 10.9. The fourth-order valence-corrected chi connectivity index (χ4v) is 4.76. The number of carbonyl (C=O) groups is 1. The Morgan fingerprint density at radius 1 is 1.05 bits per heavy atom. The number of imidazole rings is 1. The zero-order valence-electron chi connectivity index (χ0n) is 21.1. The van der Waals surface area contributed by atoms with Gasteiger partial charge in [0.15, 0.2) is 5.78 Å². The van der Waals surface area contributed by atoms with Crippen LogP contribution >= 0.6 is 11.6 Å². The highest BCUT2D eigenvalue weighted by molar-refractivity contribution is 6.33. The number of unbranched alkanes of at least 4 members (excludes halogenated alkanes) is 1. The first-order valence-corrected chi connectivity index (χ1v) is 12.7. The standard InChI is InChI=1S/C28H26ClN7O2/c1-3-4-8-20-17-36(26-21(18(2)37)11-7-12-24(26)29)28(38)35(20)16-19-13-14-25(30-15-19)22-9-5-6-10-23(22)27-31-33-34-32-27/h5-7,9-15,17H,3-4,8,16H2,1-2H3,(H,31,32,33,34). The number of para-hydroxylation sites is 1. The number of pyridine rings is 1. The van der Waals surface area contributed by atoms with Crippen molar-refractivity contribution in [3.8, 4) is 28.3 Å². The van der Waals surface area contributed by atoms with E-state index in [4.69, 9.17) is 11.6 Å². The summed E-state index contributed by atoms with van der Waals surface area (Å²) in [7, 11) is 0. The molecule has 2 aromatic carbocycles. The molecule has 0 unspecified atom stereocenters. The molecular weight excluding hydrogens is 502 g/mol. The molecule has 0 saturated carbocycles. The van der Waals surface area contributed by atoms with Crippen LogP contribution in [-0.2, 0) is 13.0 Å². The van der Waals surface area contributed by atoms with Gasteiger partial charge in [0, 0.05) is 34.8 Å². The molecule has 3 heterocycles. The van der Waals surface area contributed by atoms with E-state index in [0.29, 0.717) is 28.6 Å². The Morgan fingerprint density at radius 2 is 1.87 bits per heavy atom. The van der Waals surface area contributed by atoms with E-state index in [0.717, 1.165) is 47.3 Å². The molecule has 0 amide bonds. The van der Waals surface area contributed by atoms with Crippen LogP contribution in [0.15, 0.2) is 71.8 Å². The number of H-pyrrole nitrogens is 1. The highest BCUT2D eigenvalue weighted by Gasteiger charge is 2.19. The average Bonchev–Trinajstić information content (AvgIpc) is 3.57. The minimum Gasteiger partial charge on any atom is -0.294 e. The number of benzene rings is 2. The van der Waals surface area contributed by atoms with Gasteiger partial charge in [-0.1, -0.05) is 61.3 Å². The van der Waals surface area contributed by atoms with Crippen molar-refractivity contribution >= 4 is 17.4 Å². The monoisotopic (exact) mass is 527 g/mol. The number of rotatable bonds is 9. The summed E-state index contributed by atoms with van der Waals surface area (Å²) in [4.78, 5) is 30.6. The Bertz CT molecular complexity index is 1640. The molecule has 0 aliphatic rings. The molecule has 0 radical (unpaired) electrons. The van der Waals surface area contributed by atoms with Crippen molar-refractivity contribution in [1.29, 1.82) is 0 Å². The number of hydrogen-bond donors (Lipinski definition) is 1. The number of carbonyl (C=O) groups excluding carboxylic acids is 1. The predicted molar refractivity (Wildman–Crippen MR) is 146 cm³/mol. The molecule has 9 nitrogen and oxygen atoms in total. The molecule has 38 heavy (non-hydrogen) atoms. The van der Waals surface area contributed by atoms with Crippen LogP contribution in [0.2, 0.25) is 5.02 Å². The lowest BCUT2D eigenvalue weighted by Gasteiger charge is -2.10. The van der Waals surface area contributed by atoms with Gasteiger partial charge in [-0.3, -0.25) is 18.9 Å². The molecule has 0 saturated heterocycles. The molecule has 3 aromatic heterocycles. The fraction of sp³-hybridized carbons (Fsp3) is 0.214. The highest BCUT2D eigenvalue weighted by Crippen LogP contribution is 2.29. The number of ketones is 1. The van der Waals surface area contributed by atoms with Crippen LogP contribution in [0.1, 0.15) is 48.3 Å². The molecule has 1 N–H and O–H groups in total. The smallest absolute Gasteiger partial charge is 0.294 e. The van der Waals surface area contributed by atoms with E-state index in [1.807, 2.05) is 36.4 Å². The molecule has 5 rings (SSSR count). The lowest BCUT2D eigenvalue weighted by atomic mass is 10.0. The van der Waals surface area contributed by atoms with Crippen molar-refractivity contribution in [3.63, 3.8) is 0 Å². The number of nitrogens with one attached hydrogen (secondary N) is 1. The van der Waals surface area contributed by atoms with Crippen molar-refractivity contribution < 1.29 is 4.79 Å². The molecule has 0 aliphatic heterocycles. The zero-order chi connectivity index (χ0) is 26.6. The third-order valence-electron chi connectivity index (χ3n) is 6.41. The van der Waals surface area contributed by atoms with Crippen LogP contribution in [0.25, 0.3) is 28.3 Å². The number of aromatic amines is 1. The Morgan fingerprint density at radius 3 is 2.55 bits per heavy atom. The van der Waals surface area contributed by atoms with E-state index in [2.05, 4.69) is 32.5 Å². The summed E-state index contributed by atoms with van der Waals surface area (Å²) in [5.74, 6) is 0.336. The van der Waals surface area contributed by atoms with Crippen LogP contribution in [0, 0.1) is 0 Å². The summed E-state index contributed by atoms with van der Waals surface area (Å²) >= 11 is 6.49. The minimum absolute atomic E-state index is 0.154. The lowest BCUT2D eigenvalue weighted by Crippen LogP contribution is -2.26. The number of hydrogen-bond acceptors (Lipinski definition) is 6. The van der Waals surface area contributed by atoms with E-state index >= 15 is 0 Å². The van der Waals surface area contributed by atoms with Crippen LogP contribution in [0.3, 0.4) is 0 Å². The molecule has 5 aromatic rings. The van der Waals surface area contributed by atoms with Crippen molar-refractivity contribution in [2.24, 2.45) is 0 Å². The van der Waals surface area contributed by atoms with Crippen LogP contribution in [-0.4, -0.2) is 40.5 Å². The SMILES string of the molecule is CCCCc1cn(-c2c(Cl)cccc2C(C)=O)c(=O)n1Cc1ccc(-c2ccccc2-c2nn[nH]n2)nc1. The number of aryl methyl sites for hydroxylation is 1. The van der Waals surface area contributed by atoms with Gasteiger partial charge in [-0.2, -0.15) is 5.21 Å². The molecule has 0 atom stereocenters. The molecule has 0 spiro atoms. The Balaban J connectivity index is 1.51. The normalized spacial score (nSPS) is 11.1. The topological polar surface area (TPSA) is 111 Å². The van der Waals surface area contributed by atoms with E-state index in [1.54, 1.807) is 35.2 Å². The number of Topliss-reactive ketones (excluding diaryl/α,β-unsaturated/α-hetero) is 1. The van der Waals surface area contributed by atoms with E-state index in [9.17, 15) is 9.59 Å². The maximum absolute atomic E-state index is 13.7. The Kier molecular flexibility index (Phi) is 7.28. The third-order valence-corrected chi connectivity index (χ3v) is 6.71. The van der Waals surface area contributed by atoms with Gasteiger partial charge in [0.05, 0.1) is 22.9 Å². The molecule has 0 aliphatic carbocycles. The second-order valence-corrected chi connectivity index (χ2v) is 9.39. The van der Waals surface area contributed by atoms with Gasteiger partial charge in [-0.15, -0.1) is 10.2 Å². The maximum atomic E-state index is 13.7. The van der Waals surface area contributed by atoms with Gasteiger partial charge >= 0.3 is 5.69 Å². The summed E-state index contributed by atoms with van der Waals surface area (Å²) in [6.45, 7) is 3.92. The van der Waals surface area contributed by atoms with Gasteiger partial charge in [-0.25, -0.2) is 4.79 Å². The van der Waals surface area contributed by atoms with E-state index < -0.39 is 0 Å². The van der Waals surface area contributed by atoms with Crippen LogP contribution in [0.4, 0.5) is 0 Å². The van der Waals surface area contributed by atoms with Crippen molar-refractivity contribution in [1.82, 2.24) is 34.7 Å².